The second-order valence-electron chi connectivity index (χ2n) is 3.17. The molecule has 12 heteroatoms. The molecule has 0 aromatic carbocycles. The topological polar surface area (TPSA) is 43.4 Å². The summed E-state index contributed by atoms with van der Waals surface area (Å²) < 4.78 is 122. The number of halogens is 8. The van der Waals surface area contributed by atoms with Crippen LogP contribution in [-0.2, 0) is 14.3 Å². The van der Waals surface area contributed by atoms with Crippen molar-refractivity contribution in [3.63, 3.8) is 0 Å². The standard InChI is InChI=1S/C7H6F8O3S/c1-2-19(16,17)18-7(14,15)6(12,13)4(8)3-5(9,10)11/h2,4H,1,3H2. The van der Waals surface area contributed by atoms with Gasteiger partial charge < -0.3 is 0 Å². The van der Waals surface area contributed by atoms with Gasteiger partial charge >= 0.3 is 18.2 Å². The van der Waals surface area contributed by atoms with Crippen LogP contribution in [0.5, 0.6) is 0 Å². The van der Waals surface area contributed by atoms with Crippen molar-refractivity contribution >= 4 is 10.1 Å². The van der Waals surface area contributed by atoms with E-state index in [0.717, 1.165) is 0 Å². The van der Waals surface area contributed by atoms with Crippen molar-refractivity contribution in [3.8, 4) is 0 Å². The first-order chi connectivity index (χ1) is 8.15. The van der Waals surface area contributed by atoms with Crippen LogP contribution in [0.15, 0.2) is 12.0 Å². The van der Waals surface area contributed by atoms with Gasteiger partial charge in [0.2, 0.25) is 0 Å². The van der Waals surface area contributed by atoms with E-state index in [2.05, 4.69) is 10.8 Å². The Labute approximate surface area is 102 Å². The molecule has 0 bridgehead atoms. The van der Waals surface area contributed by atoms with Crippen LogP contribution < -0.4 is 0 Å². The largest absolute Gasteiger partial charge is 0.436 e. The minimum Gasteiger partial charge on any atom is -0.240 e. The van der Waals surface area contributed by atoms with Crippen LogP contribution in [0.25, 0.3) is 0 Å². The molecule has 0 saturated heterocycles. The van der Waals surface area contributed by atoms with Crippen LogP contribution >= 0.6 is 0 Å². The SMILES string of the molecule is C=CS(=O)(=O)OC(F)(F)C(F)(F)C(F)CC(F)(F)F. The third kappa shape index (κ3) is 4.93. The quantitative estimate of drug-likeness (QED) is 0.558. The summed E-state index contributed by atoms with van der Waals surface area (Å²) in [6, 6.07) is 0. The molecule has 0 spiro atoms. The molecule has 0 N–H and O–H groups in total. The fourth-order valence-corrected chi connectivity index (χ4v) is 1.22. The number of rotatable bonds is 6. The van der Waals surface area contributed by atoms with E-state index in [1.54, 1.807) is 0 Å². The zero-order chi connectivity index (χ0) is 15.7. The summed E-state index contributed by atoms with van der Waals surface area (Å²) in [6.45, 7) is 2.44. The summed E-state index contributed by atoms with van der Waals surface area (Å²) in [5.74, 6) is -6.00. The molecular formula is C7H6F8O3S. The maximum absolute atomic E-state index is 12.7. The molecule has 0 amide bonds. The normalized spacial score (nSPS) is 16.2. The molecule has 1 atom stereocenters. The highest BCUT2D eigenvalue weighted by molar-refractivity contribution is 7.89. The Morgan fingerprint density at radius 3 is 1.84 bits per heavy atom. The Morgan fingerprint density at radius 2 is 1.53 bits per heavy atom. The molecule has 0 saturated carbocycles. The summed E-state index contributed by atoms with van der Waals surface area (Å²) in [6.07, 6.45) is -18.8. The predicted molar refractivity (Wildman–Crippen MR) is 45.7 cm³/mol. The first kappa shape index (κ1) is 18.1. The van der Waals surface area contributed by atoms with Crippen molar-refractivity contribution < 1.29 is 47.7 Å². The van der Waals surface area contributed by atoms with Crippen LogP contribution in [0.2, 0.25) is 0 Å². The zero-order valence-corrected chi connectivity index (χ0v) is 9.54. The fraction of sp³-hybridized carbons (Fsp3) is 0.714. The Kier molecular flexibility index (Phi) is 4.98. The van der Waals surface area contributed by atoms with Gasteiger partial charge in [0.1, 0.15) is 0 Å². The van der Waals surface area contributed by atoms with Crippen LogP contribution in [-0.4, -0.2) is 32.8 Å². The maximum Gasteiger partial charge on any atom is 0.436 e. The summed E-state index contributed by atoms with van der Waals surface area (Å²) in [5.41, 5.74) is 0. The van der Waals surface area contributed by atoms with Crippen molar-refractivity contribution in [1.82, 2.24) is 0 Å². The lowest BCUT2D eigenvalue weighted by Crippen LogP contribution is -2.51. The Morgan fingerprint density at radius 1 is 1.11 bits per heavy atom. The van der Waals surface area contributed by atoms with Gasteiger partial charge in [-0.25, -0.2) is 4.39 Å². The molecule has 0 radical (unpaired) electrons. The van der Waals surface area contributed by atoms with Gasteiger partial charge in [0.05, 0.1) is 11.8 Å². The summed E-state index contributed by atoms with van der Waals surface area (Å²) in [7, 11) is -5.35. The molecule has 0 aliphatic rings. The lowest BCUT2D eigenvalue weighted by molar-refractivity contribution is -0.332. The monoisotopic (exact) mass is 322 g/mol. The molecule has 0 aliphatic heterocycles. The third-order valence-corrected chi connectivity index (χ3v) is 2.47. The minimum atomic E-state index is -6.00. The van der Waals surface area contributed by atoms with E-state index in [1.165, 1.54) is 0 Å². The Balaban J connectivity index is 5.22. The summed E-state index contributed by atoms with van der Waals surface area (Å²) in [4.78, 5) is 0. The summed E-state index contributed by atoms with van der Waals surface area (Å²) >= 11 is 0. The number of hydrogen-bond acceptors (Lipinski definition) is 3. The van der Waals surface area contributed by atoms with E-state index in [4.69, 9.17) is 0 Å². The lowest BCUT2D eigenvalue weighted by Gasteiger charge is -2.27. The molecule has 19 heavy (non-hydrogen) atoms. The summed E-state index contributed by atoms with van der Waals surface area (Å²) in [5, 5.41) is -0.298. The van der Waals surface area contributed by atoms with E-state index >= 15 is 0 Å². The maximum atomic E-state index is 12.7. The Hall–Kier alpha value is -0.910. The molecule has 0 aromatic rings. The number of hydrogen-bond donors (Lipinski definition) is 0. The third-order valence-electron chi connectivity index (χ3n) is 1.62. The van der Waals surface area contributed by atoms with Crippen molar-refractivity contribution in [2.75, 3.05) is 0 Å². The highest BCUT2D eigenvalue weighted by atomic mass is 32.2. The van der Waals surface area contributed by atoms with Gasteiger partial charge in [-0.05, 0) is 0 Å². The fourth-order valence-electron chi connectivity index (χ4n) is 0.749. The van der Waals surface area contributed by atoms with E-state index in [9.17, 15) is 43.5 Å². The molecule has 0 rings (SSSR count). The van der Waals surface area contributed by atoms with Crippen molar-refractivity contribution in [2.24, 2.45) is 0 Å². The molecule has 114 valence electrons. The van der Waals surface area contributed by atoms with Crippen molar-refractivity contribution in [2.45, 2.75) is 30.8 Å². The molecule has 0 aromatic heterocycles. The second-order valence-corrected chi connectivity index (χ2v) is 4.65. The van der Waals surface area contributed by atoms with Gasteiger partial charge in [-0.15, -0.1) is 0 Å². The highest BCUT2D eigenvalue weighted by Crippen LogP contribution is 2.43. The van der Waals surface area contributed by atoms with Gasteiger partial charge in [-0.3, -0.25) is 0 Å². The molecule has 0 fully saturated rings. The van der Waals surface area contributed by atoms with Gasteiger partial charge in [0.15, 0.2) is 6.17 Å². The van der Waals surface area contributed by atoms with E-state index in [1.807, 2.05) is 0 Å². The zero-order valence-electron chi connectivity index (χ0n) is 8.73. The highest BCUT2D eigenvalue weighted by Gasteiger charge is 2.66. The van der Waals surface area contributed by atoms with E-state index in [0.29, 0.717) is 0 Å². The average Bonchev–Trinajstić information content (AvgIpc) is 2.13. The van der Waals surface area contributed by atoms with E-state index < -0.39 is 40.9 Å². The van der Waals surface area contributed by atoms with Crippen LogP contribution in [0.4, 0.5) is 35.1 Å². The van der Waals surface area contributed by atoms with Crippen LogP contribution in [0.3, 0.4) is 0 Å². The Bertz CT molecular complexity index is 426. The molecule has 0 aliphatic carbocycles. The number of alkyl halides is 8. The van der Waals surface area contributed by atoms with E-state index in [-0.39, 0.29) is 5.41 Å². The van der Waals surface area contributed by atoms with Gasteiger partial charge in [0.25, 0.3) is 10.1 Å². The molecule has 3 nitrogen and oxygen atoms in total. The smallest absolute Gasteiger partial charge is 0.240 e. The van der Waals surface area contributed by atoms with Crippen molar-refractivity contribution in [3.05, 3.63) is 12.0 Å². The first-order valence-corrected chi connectivity index (χ1v) is 5.66. The van der Waals surface area contributed by atoms with Gasteiger partial charge in [0, 0.05) is 0 Å². The minimum absolute atomic E-state index is 0.298. The predicted octanol–water partition coefficient (Wildman–Crippen LogP) is 2.99. The van der Waals surface area contributed by atoms with Crippen LogP contribution in [0.1, 0.15) is 6.42 Å². The second kappa shape index (κ2) is 5.23. The van der Waals surface area contributed by atoms with Crippen LogP contribution in [0, 0.1) is 0 Å². The average molecular weight is 322 g/mol. The molecular weight excluding hydrogens is 316 g/mol. The van der Waals surface area contributed by atoms with Gasteiger partial charge in [-0.2, -0.15) is 43.3 Å². The lowest BCUT2D eigenvalue weighted by atomic mass is 10.1. The molecule has 1 unspecified atom stereocenters. The first-order valence-electron chi connectivity index (χ1n) is 4.19. The molecule has 0 heterocycles. The van der Waals surface area contributed by atoms with Gasteiger partial charge in [-0.1, -0.05) is 6.58 Å². The van der Waals surface area contributed by atoms with Crippen molar-refractivity contribution in [1.29, 1.82) is 0 Å².